The smallest absolute Gasteiger partial charge is 0.358 e. The first kappa shape index (κ1) is 27.8. The average Bonchev–Trinajstić information content (AvgIpc) is 3.47. The molecule has 8 nitrogen and oxygen atoms in total. The molecule has 1 atom stereocenters. The highest BCUT2D eigenvalue weighted by Crippen LogP contribution is 2.40. The number of furan rings is 1. The van der Waals surface area contributed by atoms with Crippen LogP contribution in [0.3, 0.4) is 0 Å². The Labute approximate surface area is 236 Å². The maximum Gasteiger partial charge on any atom is 0.358 e. The molecule has 210 valence electrons. The summed E-state index contributed by atoms with van der Waals surface area (Å²) < 4.78 is 26.1. The van der Waals surface area contributed by atoms with E-state index in [1.54, 1.807) is 24.0 Å². The van der Waals surface area contributed by atoms with E-state index < -0.39 is 17.3 Å². The van der Waals surface area contributed by atoms with Gasteiger partial charge in [-0.15, -0.1) is 0 Å². The number of carbonyl (C=O) groups excluding carboxylic acids is 1. The quantitative estimate of drug-likeness (QED) is 0.274. The summed E-state index contributed by atoms with van der Waals surface area (Å²) in [5, 5.41) is 9.37. The number of hydrogen-bond donors (Lipinski definition) is 1. The lowest BCUT2D eigenvalue weighted by Crippen LogP contribution is -2.52. The Balaban J connectivity index is 1.48. The fraction of sp³-hybridized carbons (Fsp3) is 0.400. The van der Waals surface area contributed by atoms with Crippen LogP contribution in [0, 0.1) is 12.7 Å². The molecule has 1 aliphatic heterocycles. The van der Waals surface area contributed by atoms with Crippen LogP contribution in [0.2, 0.25) is 5.02 Å². The van der Waals surface area contributed by atoms with Crippen molar-refractivity contribution in [1.29, 1.82) is 0 Å². The first-order chi connectivity index (χ1) is 18.7. The molecule has 1 amide bonds. The number of aromatic carboxylic acids is 1. The van der Waals surface area contributed by atoms with Gasteiger partial charge < -0.3 is 18.8 Å². The lowest BCUT2D eigenvalue weighted by Gasteiger charge is -2.44. The molecule has 1 saturated heterocycles. The van der Waals surface area contributed by atoms with Crippen molar-refractivity contribution in [2.45, 2.75) is 71.3 Å². The van der Waals surface area contributed by atoms with E-state index >= 15 is 0 Å². The number of carboxylic acids is 1. The molecule has 5 rings (SSSR count). The number of aryl methyl sites for hydroxylation is 1. The molecule has 0 spiro atoms. The van der Waals surface area contributed by atoms with Crippen molar-refractivity contribution in [2.24, 2.45) is 0 Å². The number of benzene rings is 1. The summed E-state index contributed by atoms with van der Waals surface area (Å²) in [6.07, 6.45) is 1.10. The normalized spacial score (nSPS) is 17.4. The monoisotopic (exact) mass is 567 g/mol. The highest BCUT2D eigenvalue weighted by atomic mass is 35.5. The van der Waals surface area contributed by atoms with Gasteiger partial charge in [0.05, 0.1) is 10.7 Å². The zero-order valence-electron chi connectivity index (χ0n) is 23.3. The number of rotatable bonds is 4. The van der Waals surface area contributed by atoms with E-state index in [9.17, 15) is 19.1 Å². The van der Waals surface area contributed by atoms with Gasteiger partial charge in [-0.2, -0.15) is 0 Å². The molecule has 1 aliphatic rings. The fourth-order valence-electron chi connectivity index (χ4n) is 5.40. The Morgan fingerprint density at radius 3 is 2.48 bits per heavy atom. The largest absolute Gasteiger partial charge is 0.476 e. The number of likely N-dealkylation sites (tertiary alicyclic amines) is 1. The third-order valence-corrected chi connectivity index (χ3v) is 7.81. The molecule has 3 aromatic heterocycles. The topological polar surface area (TPSA) is 110 Å². The highest BCUT2D eigenvalue weighted by molar-refractivity contribution is 6.30. The Morgan fingerprint density at radius 1 is 1.15 bits per heavy atom. The van der Waals surface area contributed by atoms with E-state index in [1.165, 1.54) is 12.1 Å². The summed E-state index contributed by atoms with van der Waals surface area (Å²) in [4.78, 5) is 35.9. The first-order valence-corrected chi connectivity index (χ1v) is 13.5. The molecular weight excluding hydrogens is 537 g/mol. The summed E-state index contributed by atoms with van der Waals surface area (Å²) in [7, 11) is 0. The van der Waals surface area contributed by atoms with Crippen LogP contribution < -0.4 is 0 Å². The van der Waals surface area contributed by atoms with Crippen molar-refractivity contribution in [2.75, 3.05) is 6.54 Å². The Hall–Kier alpha value is -3.72. The van der Waals surface area contributed by atoms with Crippen molar-refractivity contribution in [3.8, 4) is 11.3 Å². The number of fused-ring (bicyclic) bond motifs is 1. The van der Waals surface area contributed by atoms with Crippen LogP contribution in [0.4, 0.5) is 4.39 Å². The lowest BCUT2D eigenvalue weighted by molar-refractivity contribution is 0.0345. The molecule has 1 unspecified atom stereocenters. The number of pyridine rings is 1. The second kappa shape index (κ2) is 9.73. The second-order valence-electron chi connectivity index (χ2n) is 12.0. The summed E-state index contributed by atoms with van der Waals surface area (Å²) >= 11 is 5.88. The number of hydrogen-bond acceptors (Lipinski definition) is 6. The fourth-order valence-corrected chi connectivity index (χ4v) is 5.52. The van der Waals surface area contributed by atoms with Gasteiger partial charge in [0.15, 0.2) is 22.9 Å². The molecule has 1 aromatic carbocycles. The molecule has 1 N–H and O–H groups in total. The van der Waals surface area contributed by atoms with Crippen molar-refractivity contribution in [1.82, 2.24) is 14.9 Å². The molecule has 0 radical (unpaired) electrons. The van der Waals surface area contributed by atoms with Crippen molar-refractivity contribution < 1.29 is 27.9 Å². The van der Waals surface area contributed by atoms with E-state index in [4.69, 9.17) is 25.4 Å². The molecule has 1 fully saturated rings. The molecule has 0 bridgehead atoms. The predicted octanol–water partition coefficient (Wildman–Crippen LogP) is 7.38. The highest BCUT2D eigenvalue weighted by Gasteiger charge is 2.41. The van der Waals surface area contributed by atoms with Gasteiger partial charge >= 0.3 is 5.97 Å². The van der Waals surface area contributed by atoms with Crippen molar-refractivity contribution in [3.63, 3.8) is 0 Å². The van der Waals surface area contributed by atoms with Gasteiger partial charge in [0, 0.05) is 35.2 Å². The molecular formula is C30H31ClFN3O5. The SMILES string of the molecule is Cc1oc(C2CCN(C(=O)c3cc4nc(-c5ccc(Cl)c(F)c5)cc(C(C)(C)C)c4o3)C(C)(C)C2)nc1C(=O)O. The predicted molar refractivity (Wildman–Crippen MR) is 148 cm³/mol. The minimum atomic E-state index is -1.13. The Kier molecular flexibility index (Phi) is 6.77. The van der Waals surface area contributed by atoms with Gasteiger partial charge in [-0.25, -0.2) is 19.2 Å². The summed E-state index contributed by atoms with van der Waals surface area (Å²) in [6.45, 7) is 12.0. The maximum absolute atomic E-state index is 14.2. The van der Waals surface area contributed by atoms with E-state index in [2.05, 4.69) is 4.98 Å². The number of oxazole rings is 1. The van der Waals surface area contributed by atoms with Crippen LogP contribution in [0.25, 0.3) is 22.4 Å². The van der Waals surface area contributed by atoms with Gasteiger partial charge in [0.1, 0.15) is 17.1 Å². The van der Waals surface area contributed by atoms with Gasteiger partial charge in [0.2, 0.25) is 0 Å². The minimum Gasteiger partial charge on any atom is -0.476 e. The van der Waals surface area contributed by atoms with E-state index in [-0.39, 0.29) is 39.5 Å². The van der Waals surface area contributed by atoms with Gasteiger partial charge in [-0.05, 0) is 57.2 Å². The number of carbonyl (C=O) groups is 2. The van der Waals surface area contributed by atoms with Crippen LogP contribution in [-0.4, -0.2) is 43.9 Å². The van der Waals surface area contributed by atoms with Crippen LogP contribution >= 0.6 is 11.6 Å². The summed E-state index contributed by atoms with van der Waals surface area (Å²) in [6, 6.07) is 8.05. The van der Waals surface area contributed by atoms with Gasteiger partial charge in [-0.3, -0.25) is 4.79 Å². The van der Waals surface area contributed by atoms with Crippen molar-refractivity contribution >= 4 is 34.6 Å². The minimum absolute atomic E-state index is 0.0312. The van der Waals surface area contributed by atoms with E-state index in [0.29, 0.717) is 47.6 Å². The Bertz CT molecular complexity index is 1650. The molecule has 0 saturated carbocycles. The number of halogens is 2. The Morgan fingerprint density at radius 2 is 1.88 bits per heavy atom. The standard InChI is InChI=1S/C30H31ClFN3O5/c1-15-24(28(37)38)34-26(39-15)17-9-10-35(30(5,6)14-17)27(36)23-13-22-25(40-23)18(29(2,3)4)12-21(33-22)16-7-8-19(31)20(32)11-16/h7-8,11-13,17H,9-10,14H2,1-6H3,(H,37,38). The van der Waals surface area contributed by atoms with Crippen LogP contribution in [-0.2, 0) is 5.41 Å². The number of carboxylic acid groups (broad SMARTS) is 1. The van der Waals surface area contributed by atoms with Crippen LogP contribution in [0.1, 0.15) is 91.6 Å². The lowest BCUT2D eigenvalue weighted by atomic mass is 9.82. The third-order valence-electron chi connectivity index (χ3n) is 7.50. The molecule has 40 heavy (non-hydrogen) atoms. The second-order valence-corrected chi connectivity index (χ2v) is 12.4. The van der Waals surface area contributed by atoms with Gasteiger partial charge in [0.25, 0.3) is 5.91 Å². The molecule has 4 aromatic rings. The number of nitrogens with zero attached hydrogens (tertiary/aromatic N) is 3. The summed E-state index contributed by atoms with van der Waals surface area (Å²) in [5.74, 6) is -1.25. The summed E-state index contributed by atoms with van der Waals surface area (Å²) in [5.41, 5.74) is 1.96. The van der Waals surface area contributed by atoms with Gasteiger partial charge in [-0.1, -0.05) is 38.4 Å². The van der Waals surface area contributed by atoms with E-state index in [0.717, 1.165) is 5.56 Å². The average molecular weight is 568 g/mol. The zero-order valence-corrected chi connectivity index (χ0v) is 24.0. The third kappa shape index (κ3) is 4.98. The first-order valence-electron chi connectivity index (χ1n) is 13.1. The zero-order chi connectivity index (χ0) is 29.1. The number of amides is 1. The van der Waals surface area contributed by atoms with Crippen molar-refractivity contribution in [3.05, 3.63) is 69.8 Å². The molecule has 0 aliphatic carbocycles. The van der Waals surface area contributed by atoms with Crippen LogP contribution in [0.15, 0.2) is 39.2 Å². The molecule has 10 heteroatoms. The maximum atomic E-state index is 14.2. The number of aromatic nitrogens is 2. The van der Waals surface area contributed by atoms with Crippen LogP contribution in [0.5, 0.6) is 0 Å². The molecule has 4 heterocycles. The van der Waals surface area contributed by atoms with E-state index in [1.807, 2.05) is 40.7 Å². The number of piperidine rings is 1.